The van der Waals surface area contributed by atoms with Gasteiger partial charge in [-0.15, -0.1) is 0 Å². The lowest BCUT2D eigenvalue weighted by Gasteiger charge is -2.12. The molecule has 13 heavy (non-hydrogen) atoms. The Labute approximate surface area is 85.4 Å². The molecule has 1 atom stereocenters. The Morgan fingerprint density at radius 3 is 3.08 bits per heavy atom. The monoisotopic (exact) mass is 245 g/mol. The predicted molar refractivity (Wildman–Crippen MR) is 53.6 cm³/mol. The van der Waals surface area contributed by atoms with Crippen molar-refractivity contribution in [3.8, 4) is 0 Å². The van der Waals surface area contributed by atoms with Gasteiger partial charge in [0.2, 0.25) is 5.91 Å². The van der Waals surface area contributed by atoms with E-state index in [-0.39, 0.29) is 11.9 Å². The van der Waals surface area contributed by atoms with Crippen LogP contribution >= 0.6 is 15.9 Å². The highest BCUT2D eigenvalue weighted by molar-refractivity contribution is 9.09. The van der Waals surface area contributed by atoms with Crippen molar-refractivity contribution in [2.24, 2.45) is 0 Å². The highest BCUT2D eigenvalue weighted by atomic mass is 79.9. The summed E-state index contributed by atoms with van der Waals surface area (Å²) in [7, 11) is 0. The van der Waals surface area contributed by atoms with Crippen molar-refractivity contribution >= 4 is 21.8 Å². The second kappa shape index (κ2) is 5.01. The lowest BCUT2D eigenvalue weighted by molar-refractivity contribution is -0.119. The van der Waals surface area contributed by atoms with Crippen LogP contribution in [-0.2, 0) is 11.3 Å². The molecule has 1 rings (SSSR count). The average Bonchev–Trinajstić information content (AvgIpc) is 2.56. The van der Waals surface area contributed by atoms with Crippen LogP contribution in [0.5, 0.6) is 0 Å². The van der Waals surface area contributed by atoms with Gasteiger partial charge in [0.15, 0.2) is 0 Å². The minimum atomic E-state index is -0.000318. The fourth-order valence-electron chi connectivity index (χ4n) is 1.05. The zero-order valence-electron chi connectivity index (χ0n) is 7.40. The van der Waals surface area contributed by atoms with E-state index in [1.165, 1.54) is 0 Å². The van der Waals surface area contributed by atoms with Crippen LogP contribution in [0.4, 0.5) is 0 Å². The number of hydrogen-bond donors (Lipinski definition) is 1. The van der Waals surface area contributed by atoms with Gasteiger partial charge in [0.05, 0.1) is 11.9 Å². The minimum absolute atomic E-state index is 0.000318. The summed E-state index contributed by atoms with van der Waals surface area (Å²) in [4.78, 5) is 11.0. The number of carbonyl (C=O) groups is 1. The van der Waals surface area contributed by atoms with E-state index in [0.717, 1.165) is 0 Å². The highest BCUT2D eigenvalue weighted by Gasteiger charge is 2.05. The Hall–Kier alpha value is -0.840. The third-order valence-electron chi connectivity index (χ3n) is 1.55. The molecule has 0 spiro atoms. The number of aromatic nitrogens is 2. The van der Waals surface area contributed by atoms with Gasteiger partial charge in [-0.2, -0.15) is 5.10 Å². The molecule has 0 aliphatic carbocycles. The molecule has 1 aromatic heterocycles. The molecule has 0 saturated heterocycles. The van der Waals surface area contributed by atoms with E-state index in [4.69, 9.17) is 0 Å². The number of hydrogen-bond acceptors (Lipinski definition) is 2. The topological polar surface area (TPSA) is 46.9 Å². The summed E-state index contributed by atoms with van der Waals surface area (Å²) in [6.45, 7) is 2.65. The highest BCUT2D eigenvalue weighted by Crippen LogP contribution is 1.91. The Bertz CT molecular complexity index is 260. The van der Waals surface area contributed by atoms with Gasteiger partial charge < -0.3 is 5.32 Å². The molecule has 4 nitrogen and oxygen atoms in total. The molecule has 0 aliphatic rings. The second-order valence-corrected chi connectivity index (χ2v) is 3.39. The van der Waals surface area contributed by atoms with Gasteiger partial charge in [-0.1, -0.05) is 15.9 Å². The predicted octanol–water partition coefficient (Wildman–Crippen LogP) is 0.783. The van der Waals surface area contributed by atoms with Gasteiger partial charge in [-0.3, -0.25) is 9.48 Å². The summed E-state index contributed by atoms with van der Waals surface area (Å²) in [6, 6.07) is 1.96. The SMILES string of the molecule is CC(Cn1cccn1)NC(=O)CBr. The van der Waals surface area contributed by atoms with Crippen LogP contribution in [0, 0.1) is 0 Å². The van der Waals surface area contributed by atoms with Crippen molar-refractivity contribution in [1.29, 1.82) is 0 Å². The van der Waals surface area contributed by atoms with E-state index >= 15 is 0 Å². The Morgan fingerprint density at radius 2 is 2.54 bits per heavy atom. The fourth-order valence-corrected chi connectivity index (χ4v) is 1.21. The van der Waals surface area contributed by atoms with E-state index in [2.05, 4.69) is 26.3 Å². The van der Waals surface area contributed by atoms with Crippen LogP contribution in [0.3, 0.4) is 0 Å². The summed E-state index contributed by atoms with van der Waals surface area (Å²) < 4.78 is 1.79. The zero-order chi connectivity index (χ0) is 9.68. The van der Waals surface area contributed by atoms with Crippen LogP contribution in [0.2, 0.25) is 0 Å². The standard InChI is InChI=1S/C8H12BrN3O/c1-7(11-8(13)5-9)6-12-4-2-3-10-12/h2-4,7H,5-6H2,1H3,(H,11,13). The first kappa shape index (κ1) is 10.2. The first-order valence-corrected chi connectivity index (χ1v) is 5.17. The van der Waals surface area contributed by atoms with Gasteiger partial charge in [0.1, 0.15) is 0 Å². The number of alkyl halides is 1. The van der Waals surface area contributed by atoms with Crippen LogP contribution in [0.15, 0.2) is 18.5 Å². The molecular formula is C8H12BrN3O. The molecule has 0 aromatic carbocycles. The molecule has 1 aromatic rings. The van der Waals surface area contributed by atoms with Crippen molar-refractivity contribution < 1.29 is 4.79 Å². The Morgan fingerprint density at radius 1 is 1.77 bits per heavy atom. The third-order valence-corrected chi connectivity index (χ3v) is 2.06. The van der Waals surface area contributed by atoms with E-state index in [1.807, 2.05) is 19.2 Å². The molecule has 0 bridgehead atoms. The zero-order valence-corrected chi connectivity index (χ0v) is 8.99. The van der Waals surface area contributed by atoms with E-state index < -0.39 is 0 Å². The number of nitrogens with one attached hydrogen (secondary N) is 1. The molecule has 5 heteroatoms. The molecule has 1 amide bonds. The lowest BCUT2D eigenvalue weighted by atomic mass is 10.3. The Kier molecular flexibility index (Phi) is 3.95. The van der Waals surface area contributed by atoms with E-state index in [0.29, 0.717) is 11.9 Å². The average molecular weight is 246 g/mol. The van der Waals surface area contributed by atoms with Crippen molar-refractivity contribution in [3.05, 3.63) is 18.5 Å². The number of halogens is 1. The van der Waals surface area contributed by atoms with E-state index in [1.54, 1.807) is 10.9 Å². The fraction of sp³-hybridized carbons (Fsp3) is 0.500. The number of nitrogens with zero attached hydrogens (tertiary/aromatic N) is 2. The summed E-state index contributed by atoms with van der Waals surface area (Å²) in [5, 5.41) is 7.21. The quantitative estimate of drug-likeness (QED) is 0.798. The lowest BCUT2D eigenvalue weighted by Crippen LogP contribution is -2.36. The van der Waals surface area contributed by atoms with Gasteiger partial charge >= 0.3 is 0 Å². The van der Waals surface area contributed by atoms with Crippen LogP contribution in [0.25, 0.3) is 0 Å². The van der Waals surface area contributed by atoms with Crippen LogP contribution < -0.4 is 5.32 Å². The molecule has 0 saturated carbocycles. The Balaban J connectivity index is 2.33. The normalized spacial score (nSPS) is 12.5. The molecule has 0 fully saturated rings. The number of carbonyl (C=O) groups excluding carboxylic acids is 1. The van der Waals surface area contributed by atoms with Crippen molar-refractivity contribution in [1.82, 2.24) is 15.1 Å². The summed E-state index contributed by atoms with van der Waals surface area (Å²) in [5.74, 6) is -0.000318. The molecular weight excluding hydrogens is 234 g/mol. The van der Waals surface area contributed by atoms with E-state index in [9.17, 15) is 4.79 Å². The molecule has 72 valence electrons. The summed E-state index contributed by atoms with van der Waals surface area (Å²) in [5.41, 5.74) is 0. The molecule has 1 unspecified atom stereocenters. The maximum atomic E-state index is 11.0. The van der Waals surface area contributed by atoms with Crippen molar-refractivity contribution in [3.63, 3.8) is 0 Å². The third kappa shape index (κ3) is 3.59. The summed E-state index contributed by atoms with van der Waals surface area (Å²) in [6.07, 6.45) is 3.59. The first-order valence-electron chi connectivity index (χ1n) is 4.05. The van der Waals surface area contributed by atoms with Gasteiger partial charge in [0, 0.05) is 18.4 Å². The largest absolute Gasteiger partial charge is 0.351 e. The second-order valence-electron chi connectivity index (χ2n) is 2.83. The van der Waals surface area contributed by atoms with Crippen LogP contribution in [-0.4, -0.2) is 27.1 Å². The van der Waals surface area contributed by atoms with Gasteiger partial charge in [-0.25, -0.2) is 0 Å². The molecule has 0 aliphatic heterocycles. The number of rotatable bonds is 4. The van der Waals surface area contributed by atoms with Crippen molar-refractivity contribution in [2.75, 3.05) is 5.33 Å². The molecule has 1 heterocycles. The maximum absolute atomic E-state index is 11.0. The smallest absolute Gasteiger partial charge is 0.230 e. The van der Waals surface area contributed by atoms with Gasteiger partial charge in [0.25, 0.3) is 0 Å². The molecule has 0 radical (unpaired) electrons. The maximum Gasteiger partial charge on any atom is 0.230 e. The number of amides is 1. The van der Waals surface area contributed by atoms with Crippen molar-refractivity contribution in [2.45, 2.75) is 19.5 Å². The molecule has 1 N–H and O–H groups in total. The minimum Gasteiger partial charge on any atom is -0.351 e. The van der Waals surface area contributed by atoms with Crippen LogP contribution in [0.1, 0.15) is 6.92 Å². The summed E-state index contributed by atoms with van der Waals surface area (Å²) >= 11 is 3.09. The van der Waals surface area contributed by atoms with Gasteiger partial charge in [-0.05, 0) is 13.0 Å². The first-order chi connectivity index (χ1) is 6.22.